The van der Waals surface area contributed by atoms with Gasteiger partial charge in [-0.3, -0.25) is 4.79 Å². The van der Waals surface area contributed by atoms with Crippen LogP contribution in [-0.4, -0.2) is 63.1 Å². The molecule has 3 aromatic rings. The summed E-state index contributed by atoms with van der Waals surface area (Å²) in [5.74, 6) is -2.85. The van der Waals surface area contributed by atoms with Gasteiger partial charge in [0.15, 0.2) is 0 Å². The maximum Gasteiger partial charge on any atom is 0.217 e. The first-order valence-electron chi connectivity index (χ1n) is 11.2. The molecule has 7 nitrogen and oxygen atoms in total. The van der Waals surface area contributed by atoms with Crippen LogP contribution in [0, 0.1) is 0 Å². The number of rotatable bonds is 6. The number of benzene rings is 3. The van der Waals surface area contributed by atoms with Gasteiger partial charge in [0, 0.05) is 6.92 Å². The zero-order chi connectivity index (χ0) is 24.3. The van der Waals surface area contributed by atoms with E-state index in [4.69, 9.17) is 4.74 Å². The van der Waals surface area contributed by atoms with Crippen LogP contribution in [0.4, 0.5) is 0 Å². The van der Waals surface area contributed by atoms with Gasteiger partial charge in [-0.25, -0.2) is 0 Å². The molecule has 4 rings (SSSR count). The highest BCUT2D eigenvalue weighted by atomic mass is 16.7. The molecule has 178 valence electrons. The average Bonchev–Trinajstić information content (AvgIpc) is 2.86. The van der Waals surface area contributed by atoms with Crippen LogP contribution in [0.5, 0.6) is 0 Å². The highest BCUT2D eigenvalue weighted by Gasteiger charge is 2.65. The first kappa shape index (κ1) is 24.1. The molecule has 1 saturated heterocycles. The Bertz CT molecular complexity index is 997. The first-order valence-corrected chi connectivity index (χ1v) is 11.2. The molecule has 0 aromatic heterocycles. The van der Waals surface area contributed by atoms with Crippen molar-refractivity contribution in [2.45, 2.75) is 42.5 Å². The van der Waals surface area contributed by atoms with Gasteiger partial charge >= 0.3 is 0 Å². The fourth-order valence-electron chi connectivity index (χ4n) is 5.08. The summed E-state index contributed by atoms with van der Waals surface area (Å²) < 4.78 is 6.13. The maximum atomic E-state index is 12.6. The van der Waals surface area contributed by atoms with Gasteiger partial charge in [-0.05, 0) is 16.7 Å². The molecule has 1 fully saturated rings. The van der Waals surface area contributed by atoms with Gasteiger partial charge in [0.1, 0.15) is 29.8 Å². The highest BCUT2D eigenvalue weighted by Crippen LogP contribution is 2.52. The van der Waals surface area contributed by atoms with E-state index in [9.17, 15) is 25.2 Å². The largest absolute Gasteiger partial charge is 0.394 e. The van der Waals surface area contributed by atoms with Gasteiger partial charge in [-0.2, -0.15) is 0 Å². The lowest BCUT2D eigenvalue weighted by molar-refractivity contribution is -0.335. The van der Waals surface area contributed by atoms with Crippen LogP contribution in [0.3, 0.4) is 0 Å². The lowest BCUT2D eigenvalue weighted by Gasteiger charge is -2.57. The van der Waals surface area contributed by atoms with Gasteiger partial charge in [0.2, 0.25) is 11.7 Å². The third-order valence-corrected chi connectivity index (χ3v) is 6.52. The summed E-state index contributed by atoms with van der Waals surface area (Å²) in [6, 6.07) is 26.0. The van der Waals surface area contributed by atoms with Gasteiger partial charge in [0.05, 0.1) is 6.61 Å². The summed E-state index contributed by atoms with van der Waals surface area (Å²) >= 11 is 0. The van der Waals surface area contributed by atoms with Crippen molar-refractivity contribution >= 4 is 5.91 Å². The number of aliphatic hydroxyl groups excluding tert-OH is 3. The molecule has 7 heteroatoms. The molecule has 0 saturated carbocycles. The van der Waals surface area contributed by atoms with E-state index in [1.165, 1.54) is 6.92 Å². The zero-order valence-corrected chi connectivity index (χ0v) is 18.8. The summed E-state index contributed by atoms with van der Waals surface area (Å²) in [5.41, 5.74) is 0.417. The van der Waals surface area contributed by atoms with Crippen molar-refractivity contribution in [2.24, 2.45) is 0 Å². The van der Waals surface area contributed by atoms with Crippen LogP contribution < -0.4 is 5.32 Å². The minimum Gasteiger partial charge on any atom is -0.394 e. The Balaban J connectivity index is 2.12. The van der Waals surface area contributed by atoms with Crippen LogP contribution in [0.25, 0.3) is 0 Å². The molecule has 1 unspecified atom stereocenters. The van der Waals surface area contributed by atoms with E-state index in [0.717, 1.165) is 0 Å². The standard InChI is InChI=1S/C27H29NO6/c1-18(30)28-25-24(32)23(31)22(17-29)34-27(25,33)26(19-11-5-2-6-12-19,20-13-7-3-8-14-20)21-15-9-4-10-16-21/h2-16,22-25,29,31-33H,17H2,1H3,(H,28,30)/t22-,23+,24+,25-,27?/m1/s1. The Hall–Kier alpha value is -3.07. The highest BCUT2D eigenvalue weighted by molar-refractivity contribution is 5.73. The quantitative estimate of drug-likeness (QED) is 0.352. The van der Waals surface area contributed by atoms with Gasteiger partial charge in [0.25, 0.3) is 0 Å². The van der Waals surface area contributed by atoms with Crippen molar-refractivity contribution in [1.82, 2.24) is 5.32 Å². The minimum absolute atomic E-state index is 0.524. The predicted molar refractivity (Wildman–Crippen MR) is 126 cm³/mol. The SMILES string of the molecule is CC(=O)N[C@@H]1[C@@H](O)[C@@H](O)[C@@H](CO)OC1(O)C(c1ccccc1)(c1ccccc1)c1ccccc1. The molecule has 0 spiro atoms. The number of amides is 1. The second-order valence-corrected chi connectivity index (χ2v) is 8.54. The molecule has 1 heterocycles. The average molecular weight is 464 g/mol. The molecule has 5 atom stereocenters. The lowest BCUT2D eigenvalue weighted by atomic mass is 9.60. The fourth-order valence-corrected chi connectivity index (χ4v) is 5.08. The summed E-state index contributed by atoms with van der Waals surface area (Å²) in [6.07, 6.45) is -4.47. The summed E-state index contributed by atoms with van der Waals surface area (Å²) in [7, 11) is 0. The van der Waals surface area contributed by atoms with Gasteiger partial charge in [-0.15, -0.1) is 0 Å². The molecule has 34 heavy (non-hydrogen) atoms. The van der Waals surface area contributed by atoms with Crippen LogP contribution in [0.1, 0.15) is 23.6 Å². The van der Waals surface area contributed by atoms with Crippen molar-refractivity contribution < 1.29 is 30.0 Å². The molecule has 1 aliphatic rings. The molecule has 0 radical (unpaired) electrons. The molecule has 5 N–H and O–H groups in total. The number of carbonyl (C=O) groups excluding carboxylic acids is 1. The number of hydrogen-bond acceptors (Lipinski definition) is 6. The molecular weight excluding hydrogens is 434 g/mol. The Morgan fingerprint density at radius 2 is 1.26 bits per heavy atom. The lowest BCUT2D eigenvalue weighted by Crippen LogP contribution is -2.76. The Morgan fingerprint density at radius 1 is 0.853 bits per heavy atom. The normalized spacial score (nSPS) is 27.2. The third-order valence-electron chi connectivity index (χ3n) is 6.52. The molecule has 3 aromatic carbocycles. The van der Waals surface area contributed by atoms with Crippen LogP contribution >= 0.6 is 0 Å². The van der Waals surface area contributed by atoms with E-state index >= 15 is 0 Å². The smallest absolute Gasteiger partial charge is 0.217 e. The van der Waals surface area contributed by atoms with Crippen LogP contribution in [-0.2, 0) is 14.9 Å². The molecule has 1 amide bonds. The van der Waals surface area contributed by atoms with E-state index < -0.39 is 48.1 Å². The summed E-state index contributed by atoms with van der Waals surface area (Å²) in [4.78, 5) is 12.2. The van der Waals surface area contributed by atoms with Gasteiger partial charge < -0.3 is 30.5 Å². The van der Waals surface area contributed by atoms with Crippen molar-refractivity contribution in [2.75, 3.05) is 6.61 Å². The number of ether oxygens (including phenoxy) is 1. The van der Waals surface area contributed by atoms with E-state index in [1.54, 1.807) is 0 Å². The van der Waals surface area contributed by atoms with Crippen LogP contribution in [0.2, 0.25) is 0 Å². The maximum absolute atomic E-state index is 12.6. The van der Waals surface area contributed by atoms with Gasteiger partial charge in [-0.1, -0.05) is 91.0 Å². The Labute approximate surface area is 198 Å². The third kappa shape index (κ3) is 3.81. The summed E-state index contributed by atoms with van der Waals surface area (Å²) in [6.45, 7) is 0.606. The summed E-state index contributed by atoms with van der Waals surface area (Å²) in [5, 5.41) is 46.9. The molecule has 0 bridgehead atoms. The monoisotopic (exact) mass is 463 g/mol. The zero-order valence-electron chi connectivity index (χ0n) is 18.8. The van der Waals surface area contributed by atoms with E-state index in [-0.39, 0.29) is 0 Å². The number of aliphatic hydroxyl groups is 4. The second kappa shape index (κ2) is 9.66. The van der Waals surface area contributed by atoms with Crippen molar-refractivity contribution in [3.8, 4) is 0 Å². The van der Waals surface area contributed by atoms with Crippen LogP contribution in [0.15, 0.2) is 91.0 Å². The Morgan fingerprint density at radius 3 is 1.62 bits per heavy atom. The fraction of sp³-hybridized carbons (Fsp3) is 0.296. The Kier molecular flexibility index (Phi) is 6.84. The minimum atomic E-state index is -2.32. The van der Waals surface area contributed by atoms with E-state index in [1.807, 2.05) is 91.0 Å². The molecular formula is C27H29NO6. The number of hydrogen-bond donors (Lipinski definition) is 5. The number of carbonyl (C=O) groups is 1. The van der Waals surface area contributed by atoms with Crippen molar-refractivity contribution in [3.05, 3.63) is 108 Å². The van der Waals surface area contributed by atoms with E-state index in [2.05, 4.69) is 5.32 Å². The molecule has 0 aliphatic carbocycles. The predicted octanol–water partition coefficient (Wildman–Crippen LogP) is 1.33. The van der Waals surface area contributed by atoms with Crippen molar-refractivity contribution in [3.63, 3.8) is 0 Å². The van der Waals surface area contributed by atoms with E-state index in [0.29, 0.717) is 16.7 Å². The van der Waals surface area contributed by atoms with Crippen molar-refractivity contribution in [1.29, 1.82) is 0 Å². The second-order valence-electron chi connectivity index (χ2n) is 8.54. The molecule has 1 aliphatic heterocycles. The first-order chi connectivity index (χ1) is 16.4. The topological polar surface area (TPSA) is 119 Å². The number of nitrogens with one attached hydrogen (secondary N) is 1.